The predicted octanol–water partition coefficient (Wildman–Crippen LogP) is 5.85. The summed E-state index contributed by atoms with van der Waals surface area (Å²) >= 11 is 0. The van der Waals surface area contributed by atoms with Crippen molar-refractivity contribution >= 4 is 9.84 Å². The van der Waals surface area contributed by atoms with Gasteiger partial charge in [-0.25, -0.2) is 17.2 Å². The first-order chi connectivity index (χ1) is 18.1. The molecule has 8 heteroatoms. The molecule has 2 aliphatic heterocycles. The molecule has 1 spiro atoms. The largest absolute Gasteiger partial charge is 0.487 e. The highest BCUT2D eigenvalue weighted by Gasteiger charge is 2.48. The number of fused-ring (bicyclic) bond motifs is 1. The topological polar surface area (TPSA) is 59.5 Å². The van der Waals surface area contributed by atoms with Crippen LogP contribution in [0.1, 0.15) is 55.8 Å². The molecule has 3 heterocycles. The number of likely N-dealkylation sites (tertiary alicyclic amines) is 1. The van der Waals surface area contributed by atoms with Gasteiger partial charge in [-0.15, -0.1) is 0 Å². The fourth-order valence-corrected chi connectivity index (χ4v) is 7.33. The van der Waals surface area contributed by atoms with Crippen LogP contribution in [0.4, 0.5) is 8.78 Å². The Morgan fingerprint density at radius 1 is 0.921 bits per heavy atom. The van der Waals surface area contributed by atoms with E-state index in [0.29, 0.717) is 22.4 Å². The molecule has 1 saturated heterocycles. The second-order valence-electron chi connectivity index (χ2n) is 11.4. The van der Waals surface area contributed by atoms with Crippen LogP contribution in [0.15, 0.2) is 54.7 Å². The Labute approximate surface area is 222 Å². The number of rotatable bonds is 6. The number of hydrogen-bond donors (Lipinski definition) is 0. The minimum Gasteiger partial charge on any atom is -0.487 e. The van der Waals surface area contributed by atoms with Crippen molar-refractivity contribution < 1.29 is 21.9 Å². The van der Waals surface area contributed by atoms with E-state index in [-0.39, 0.29) is 11.4 Å². The third-order valence-electron chi connectivity index (χ3n) is 8.58. The maximum atomic E-state index is 15.0. The van der Waals surface area contributed by atoms with Crippen LogP contribution in [0, 0.1) is 11.6 Å². The number of benzene rings is 2. The highest BCUT2D eigenvalue weighted by atomic mass is 32.2. The smallest absolute Gasteiger partial charge is 0.160 e. The average molecular weight is 539 g/mol. The van der Waals surface area contributed by atoms with E-state index in [1.165, 1.54) is 31.2 Å². The number of sulfone groups is 1. The first-order valence-electron chi connectivity index (χ1n) is 13.3. The molecular weight excluding hydrogens is 506 g/mol. The third kappa shape index (κ3) is 5.08. The van der Waals surface area contributed by atoms with Crippen molar-refractivity contribution in [3.63, 3.8) is 0 Å². The maximum Gasteiger partial charge on any atom is 0.160 e. The fraction of sp³-hybridized carbons (Fsp3) is 0.433. The van der Waals surface area contributed by atoms with Crippen LogP contribution >= 0.6 is 0 Å². The average Bonchev–Trinajstić information content (AvgIpc) is 3.65. The second kappa shape index (κ2) is 9.42. The molecule has 0 bridgehead atoms. The molecule has 2 aromatic carbocycles. The van der Waals surface area contributed by atoms with Gasteiger partial charge in [0.1, 0.15) is 23.0 Å². The number of aromatic nitrogens is 1. The standard InChI is InChI=1S/C30H32F2N2O3S/c1-29(9-10-29)34-14-11-30(12-15-34)8-7-22-16-21(5-6-28(22)37-30)23-17-26(31)25(27(32)18-23)20-38(35,36)19-24-4-2-3-13-33-24/h2-6,13,16-18H,7-12,14-15,19-20H2,1H3. The van der Waals surface area contributed by atoms with E-state index in [1.807, 2.05) is 18.2 Å². The molecule has 3 aromatic rings. The van der Waals surface area contributed by atoms with Crippen LogP contribution < -0.4 is 4.74 Å². The van der Waals surface area contributed by atoms with E-state index in [0.717, 1.165) is 50.1 Å². The number of pyridine rings is 1. The molecule has 0 unspecified atom stereocenters. The van der Waals surface area contributed by atoms with Crippen molar-refractivity contribution in [2.45, 2.75) is 68.1 Å². The predicted molar refractivity (Wildman–Crippen MR) is 142 cm³/mol. The molecule has 6 rings (SSSR count). The van der Waals surface area contributed by atoms with Gasteiger partial charge in [-0.1, -0.05) is 12.1 Å². The quantitative estimate of drug-likeness (QED) is 0.394. The van der Waals surface area contributed by atoms with Crippen LogP contribution in [0.5, 0.6) is 5.75 Å². The number of halogens is 2. The van der Waals surface area contributed by atoms with E-state index >= 15 is 8.78 Å². The summed E-state index contributed by atoms with van der Waals surface area (Å²) in [6, 6.07) is 13.0. The van der Waals surface area contributed by atoms with Gasteiger partial charge in [0, 0.05) is 30.4 Å². The Hall–Kier alpha value is -2.84. The summed E-state index contributed by atoms with van der Waals surface area (Å²) in [6.45, 7) is 4.47. The van der Waals surface area contributed by atoms with Gasteiger partial charge in [0.25, 0.3) is 0 Å². The zero-order chi connectivity index (χ0) is 26.5. The van der Waals surface area contributed by atoms with Crippen LogP contribution in [-0.2, 0) is 27.8 Å². The van der Waals surface area contributed by atoms with Gasteiger partial charge in [0.05, 0.1) is 17.2 Å². The third-order valence-corrected chi connectivity index (χ3v) is 10.0. The summed E-state index contributed by atoms with van der Waals surface area (Å²) in [4.78, 5) is 6.61. The SMILES string of the molecule is CC1(N2CCC3(CCc4cc(-c5cc(F)c(CS(=O)(=O)Cc6ccccn6)c(F)c5)ccc4O3)CC2)CC1. The zero-order valence-corrected chi connectivity index (χ0v) is 22.4. The molecule has 5 nitrogen and oxygen atoms in total. The number of piperidine rings is 1. The minimum absolute atomic E-state index is 0.128. The number of nitrogens with zero attached hydrogens (tertiary/aromatic N) is 2. The van der Waals surface area contributed by atoms with E-state index in [2.05, 4.69) is 16.8 Å². The first-order valence-corrected chi connectivity index (χ1v) is 15.1. The summed E-state index contributed by atoms with van der Waals surface area (Å²) in [5, 5.41) is 0. The van der Waals surface area contributed by atoms with Crippen molar-refractivity contribution in [2.24, 2.45) is 0 Å². The van der Waals surface area contributed by atoms with Gasteiger partial charge in [0.15, 0.2) is 9.84 Å². The lowest BCUT2D eigenvalue weighted by atomic mass is 9.82. The Morgan fingerprint density at radius 3 is 2.32 bits per heavy atom. The monoisotopic (exact) mass is 538 g/mol. The number of aryl methyl sites for hydroxylation is 1. The second-order valence-corrected chi connectivity index (χ2v) is 13.4. The van der Waals surface area contributed by atoms with Crippen LogP contribution in [0.2, 0.25) is 0 Å². The fourth-order valence-electron chi connectivity index (χ4n) is 5.89. The summed E-state index contributed by atoms with van der Waals surface area (Å²) in [6.07, 6.45) is 7.89. The van der Waals surface area contributed by atoms with Crippen molar-refractivity contribution in [1.29, 1.82) is 0 Å². The highest BCUT2D eigenvalue weighted by Crippen LogP contribution is 2.46. The van der Waals surface area contributed by atoms with E-state index < -0.39 is 32.8 Å². The maximum absolute atomic E-state index is 15.0. The van der Waals surface area contributed by atoms with Gasteiger partial charge < -0.3 is 4.74 Å². The van der Waals surface area contributed by atoms with Crippen molar-refractivity contribution in [1.82, 2.24) is 9.88 Å². The van der Waals surface area contributed by atoms with E-state index in [1.54, 1.807) is 18.2 Å². The Balaban J connectivity index is 1.17. The summed E-state index contributed by atoms with van der Waals surface area (Å²) in [7, 11) is -3.81. The first kappa shape index (κ1) is 25.4. The Morgan fingerprint density at radius 2 is 1.66 bits per heavy atom. The van der Waals surface area contributed by atoms with Crippen LogP contribution in [0.3, 0.4) is 0 Å². The zero-order valence-electron chi connectivity index (χ0n) is 21.6. The van der Waals surface area contributed by atoms with Crippen molar-refractivity contribution in [3.05, 3.63) is 83.2 Å². The summed E-state index contributed by atoms with van der Waals surface area (Å²) in [5.74, 6) is -1.98. The van der Waals surface area contributed by atoms with Crippen molar-refractivity contribution in [3.8, 4) is 16.9 Å². The molecular formula is C30H32F2N2O3S. The molecule has 38 heavy (non-hydrogen) atoms. The van der Waals surface area contributed by atoms with Gasteiger partial charge >= 0.3 is 0 Å². The molecule has 0 radical (unpaired) electrons. The lowest BCUT2D eigenvalue weighted by molar-refractivity contribution is -0.0261. The molecule has 0 N–H and O–H groups in total. The van der Waals surface area contributed by atoms with Gasteiger partial charge in [-0.05, 0) is 98.5 Å². The number of ether oxygens (including phenoxy) is 1. The molecule has 1 saturated carbocycles. The summed E-state index contributed by atoms with van der Waals surface area (Å²) < 4.78 is 61.8. The molecule has 1 aliphatic carbocycles. The Bertz CT molecular complexity index is 1440. The van der Waals surface area contributed by atoms with Crippen LogP contribution in [-0.4, -0.2) is 42.5 Å². The lowest BCUT2D eigenvalue weighted by Gasteiger charge is -2.46. The molecule has 0 amide bonds. The van der Waals surface area contributed by atoms with Gasteiger partial charge in [-0.3, -0.25) is 9.88 Å². The van der Waals surface area contributed by atoms with E-state index in [9.17, 15) is 8.42 Å². The Kier molecular flexibility index (Phi) is 6.30. The number of hydrogen-bond acceptors (Lipinski definition) is 5. The van der Waals surface area contributed by atoms with Gasteiger partial charge in [0.2, 0.25) is 0 Å². The minimum atomic E-state index is -3.81. The molecule has 1 aromatic heterocycles. The highest BCUT2D eigenvalue weighted by molar-refractivity contribution is 7.89. The van der Waals surface area contributed by atoms with Crippen molar-refractivity contribution in [2.75, 3.05) is 13.1 Å². The molecule has 0 atom stereocenters. The van der Waals surface area contributed by atoms with E-state index in [4.69, 9.17) is 4.74 Å². The molecule has 2 fully saturated rings. The summed E-state index contributed by atoms with van der Waals surface area (Å²) in [5.41, 5.74) is 2.25. The lowest BCUT2D eigenvalue weighted by Crippen LogP contribution is -2.52. The van der Waals surface area contributed by atoms with Gasteiger partial charge in [-0.2, -0.15) is 0 Å². The molecule has 3 aliphatic rings. The molecule has 200 valence electrons. The normalized spacial score (nSPS) is 20.1. The van der Waals surface area contributed by atoms with Crippen LogP contribution in [0.25, 0.3) is 11.1 Å².